The molecule has 1 saturated heterocycles. The number of nitrogens with one attached hydrogen (secondary N) is 1. The van der Waals surface area contributed by atoms with Crippen LogP contribution < -0.4 is 5.32 Å². The lowest BCUT2D eigenvalue weighted by atomic mass is 9.87. The van der Waals surface area contributed by atoms with Crippen molar-refractivity contribution >= 4 is 11.8 Å². The number of carbonyl (C=O) groups is 2. The number of nitrogens with zero attached hydrogens (tertiary/aromatic N) is 1. The highest BCUT2D eigenvalue weighted by Gasteiger charge is 2.46. The van der Waals surface area contributed by atoms with Crippen LogP contribution in [0.25, 0.3) is 0 Å². The van der Waals surface area contributed by atoms with E-state index in [-0.39, 0.29) is 18.4 Å². The van der Waals surface area contributed by atoms with Gasteiger partial charge < -0.3 is 15.0 Å². The van der Waals surface area contributed by atoms with E-state index in [0.29, 0.717) is 26.0 Å². The average Bonchev–Trinajstić information content (AvgIpc) is 2.34. The van der Waals surface area contributed by atoms with Gasteiger partial charge in [-0.15, -0.1) is 0 Å². The molecule has 0 unspecified atom stereocenters. The summed E-state index contributed by atoms with van der Waals surface area (Å²) < 4.78 is 4.99. The van der Waals surface area contributed by atoms with Crippen LogP contribution in [0.3, 0.4) is 0 Å². The van der Waals surface area contributed by atoms with Crippen LogP contribution >= 0.6 is 0 Å². The van der Waals surface area contributed by atoms with Gasteiger partial charge in [0.15, 0.2) is 0 Å². The molecule has 0 atom stereocenters. The van der Waals surface area contributed by atoms with Crippen LogP contribution in [0.4, 0.5) is 0 Å². The van der Waals surface area contributed by atoms with Crippen molar-refractivity contribution in [3.05, 3.63) is 0 Å². The van der Waals surface area contributed by atoms with Crippen molar-refractivity contribution in [3.63, 3.8) is 0 Å². The van der Waals surface area contributed by atoms with E-state index < -0.39 is 5.54 Å². The fourth-order valence-corrected chi connectivity index (χ4v) is 2.44. The van der Waals surface area contributed by atoms with Crippen LogP contribution in [0.15, 0.2) is 0 Å². The van der Waals surface area contributed by atoms with E-state index in [0.717, 1.165) is 6.42 Å². The maximum atomic E-state index is 12.0. The molecule has 1 aliphatic rings. The number of rotatable bonds is 6. The normalized spacial score (nSPS) is 19.4. The smallest absolute Gasteiger partial charge is 0.246 e. The summed E-state index contributed by atoms with van der Waals surface area (Å²) in [6.45, 7) is 5.21. The molecular formula is C12H22N2O3. The molecular weight excluding hydrogens is 220 g/mol. The zero-order valence-corrected chi connectivity index (χ0v) is 10.9. The summed E-state index contributed by atoms with van der Waals surface area (Å²) in [7, 11) is 1.64. The van der Waals surface area contributed by atoms with Crippen molar-refractivity contribution in [1.29, 1.82) is 0 Å². The molecule has 0 spiro atoms. The predicted octanol–water partition coefficient (Wildman–Crippen LogP) is 0.540. The highest BCUT2D eigenvalue weighted by atomic mass is 16.5. The number of methoxy groups -OCH3 is 1. The number of hydrogen-bond donors (Lipinski definition) is 1. The fraction of sp³-hybridized carbons (Fsp3) is 0.833. The monoisotopic (exact) mass is 242 g/mol. The second-order valence-corrected chi connectivity index (χ2v) is 4.31. The molecule has 5 heteroatoms. The van der Waals surface area contributed by atoms with E-state index in [1.165, 1.54) is 0 Å². The number of amides is 2. The standard InChI is InChI=1S/C12H22N2O3/c1-4-12(5-2)11(16)13-9-10(15)14(12)7-6-8-17-3/h4-9H2,1-3H3,(H,13,16). The Morgan fingerprint density at radius 2 is 2.00 bits per heavy atom. The molecule has 1 aliphatic heterocycles. The van der Waals surface area contributed by atoms with Crippen molar-refractivity contribution in [2.24, 2.45) is 0 Å². The van der Waals surface area contributed by atoms with Crippen LogP contribution in [-0.2, 0) is 14.3 Å². The minimum atomic E-state index is -0.664. The lowest BCUT2D eigenvalue weighted by molar-refractivity contribution is -0.154. The summed E-state index contributed by atoms with van der Waals surface area (Å²) >= 11 is 0. The molecule has 5 nitrogen and oxygen atoms in total. The highest BCUT2D eigenvalue weighted by Crippen LogP contribution is 2.27. The second kappa shape index (κ2) is 6.00. The molecule has 1 heterocycles. The Bertz CT molecular complexity index is 287. The average molecular weight is 242 g/mol. The molecule has 0 aromatic heterocycles. The van der Waals surface area contributed by atoms with Crippen LogP contribution in [-0.4, -0.2) is 49.1 Å². The van der Waals surface area contributed by atoms with Crippen molar-refractivity contribution in [3.8, 4) is 0 Å². The Balaban J connectivity index is 2.84. The first-order valence-electron chi connectivity index (χ1n) is 6.20. The number of ether oxygens (including phenoxy) is 1. The van der Waals surface area contributed by atoms with Gasteiger partial charge in [-0.3, -0.25) is 9.59 Å². The third-order valence-corrected chi connectivity index (χ3v) is 3.54. The quantitative estimate of drug-likeness (QED) is 0.692. The van der Waals surface area contributed by atoms with E-state index in [2.05, 4.69) is 5.32 Å². The lowest BCUT2D eigenvalue weighted by Gasteiger charge is -2.45. The van der Waals surface area contributed by atoms with Crippen LogP contribution in [0.1, 0.15) is 33.1 Å². The first-order chi connectivity index (χ1) is 8.12. The molecule has 0 radical (unpaired) electrons. The third kappa shape index (κ3) is 2.60. The summed E-state index contributed by atoms with van der Waals surface area (Å²) in [4.78, 5) is 25.7. The largest absolute Gasteiger partial charge is 0.385 e. The van der Waals surface area contributed by atoms with Gasteiger partial charge in [0.2, 0.25) is 11.8 Å². The van der Waals surface area contributed by atoms with E-state index in [1.54, 1.807) is 12.0 Å². The first-order valence-corrected chi connectivity index (χ1v) is 6.20. The maximum Gasteiger partial charge on any atom is 0.246 e. The summed E-state index contributed by atoms with van der Waals surface area (Å²) in [5, 5.41) is 2.68. The topological polar surface area (TPSA) is 58.6 Å². The molecule has 0 aromatic carbocycles. The van der Waals surface area contributed by atoms with Crippen LogP contribution in [0.5, 0.6) is 0 Å². The number of hydrogen-bond acceptors (Lipinski definition) is 3. The summed E-state index contributed by atoms with van der Waals surface area (Å²) in [5.74, 6) is -0.0241. The molecule has 0 aliphatic carbocycles. The molecule has 98 valence electrons. The van der Waals surface area contributed by atoms with E-state index >= 15 is 0 Å². The number of carbonyl (C=O) groups excluding carboxylic acids is 2. The van der Waals surface area contributed by atoms with E-state index in [4.69, 9.17) is 4.74 Å². The highest BCUT2D eigenvalue weighted by molar-refractivity contribution is 5.97. The summed E-state index contributed by atoms with van der Waals surface area (Å²) in [5.41, 5.74) is -0.664. The molecule has 1 N–H and O–H groups in total. The van der Waals surface area contributed by atoms with Crippen LogP contribution in [0.2, 0.25) is 0 Å². The summed E-state index contributed by atoms with van der Waals surface area (Å²) in [6, 6.07) is 0. The minimum absolute atomic E-state index is 0.00408. The zero-order valence-electron chi connectivity index (χ0n) is 10.9. The Kier molecular flexibility index (Phi) is 4.93. The Morgan fingerprint density at radius 1 is 1.35 bits per heavy atom. The lowest BCUT2D eigenvalue weighted by Crippen LogP contribution is -2.66. The van der Waals surface area contributed by atoms with E-state index in [9.17, 15) is 9.59 Å². The zero-order chi connectivity index (χ0) is 12.9. The van der Waals surface area contributed by atoms with E-state index in [1.807, 2.05) is 13.8 Å². The van der Waals surface area contributed by atoms with Crippen LogP contribution in [0, 0.1) is 0 Å². The SMILES string of the molecule is CCC1(CC)C(=O)NCC(=O)N1CCCOC. The molecule has 0 saturated carbocycles. The summed E-state index contributed by atoms with van der Waals surface area (Å²) in [6.07, 6.45) is 2.05. The van der Waals surface area contributed by atoms with Gasteiger partial charge in [-0.05, 0) is 19.3 Å². The van der Waals surface area contributed by atoms with Gasteiger partial charge in [0.25, 0.3) is 0 Å². The van der Waals surface area contributed by atoms with Crippen molar-refractivity contribution in [1.82, 2.24) is 10.2 Å². The van der Waals surface area contributed by atoms with Crippen molar-refractivity contribution in [2.75, 3.05) is 26.8 Å². The van der Waals surface area contributed by atoms with Gasteiger partial charge >= 0.3 is 0 Å². The molecule has 0 bridgehead atoms. The third-order valence-electron chi connectivity index (χ3n) is 3.54. The molecule has 1 fully saturated rings. The Morgan fingerprint density at radius 3 is 2.53 bits per heavy atom. The Hall–Kier alpha value is -1.10. The number of piperazine rings is 1. The predicted molar refractivity (Wildman–Crippen MR) is 64.5 cm³/mol. The van der Waals surface area contributed by atoms with Crippen molar-refractivity contribution in [2.45, 2.75) is 38.6 Å². The minimum Gasteiger partial charge on any atom is -0.385 e. The second-order valence-electron chi connectivity index (χ2n) is 4.31. The molecule has 2 amide bonds. The fourth-order valence-electron chi connectivity index (χ4n) is 2.44. The van der Waals surface area contributed by atoms with Gasteiger partial charge in [-0.1, -0.05) is 13.8 Å². The molecule has 17 heavy (non-hydrogen) atoms. The van der Waals surface area contributed by atoms with Gasteiger partial charge in [0.05, 0.1) is 6.54 Å². The maximum absolute atomic E-state index is 12.0. The first kappa shape index (κ1) is 14.0. The van der Waals surface area contributed by atoms with Gasteiger partial charge in [0, 0.05) is 20.3 Å². The van der Waals surface area contributed by atoms with Gasteiger partial charge in [-0.2, -0.15) is 0 Å². The van der Waals surface area contributed by atoms with Gasteiger partial charge in [-0.25, -0.2) is 0 Å². The van der Waals surface area contributed by atoms with Crippen molar-refractivity contribution < 1.29 is 14.3 Å². The Labute approximate surface area is 102 Å². The molecule has 1 rings (SSSR count). The van der Waals surface area contributed by atoms with Gasteiger partial charge in [0.1, 0.15) is 5.54 Å². The molecule has 0 aromatic rings.